The highest BCUT2D eigenvalue weighted by molar-refractivity contribution is 5.60. The molecule has 0 spiro atoms. The lowest BCUT2D eigenvalue weighted by Crippen LogP contribution is -2.21. The molecule has 2 aromatic rings. The molecule has 25 heavy (non-hydrogen) atoms. The summed E-state index contributed by atoms with van der Waals surface area (Å²) in [6.45, 7) is 8.17. The number of rotatable bonds is 10. The van der Waals surface area contributed by atoms with Crippen molar-refractivity contribution >= 4 is 23.1 Å². The molecule has 1 aromatic carbocycles. The largest absolute Gasteiger partial charge is 0.372 e. The van der Waals surface area contributed by atoms with Crippen molar-refractivity contribution in [2.75, 3.05) is 55.8 Å². The van der Waals surface area contributed by atoms with Crippen LogP contribution in [0.4, 0.5) is 23.1 Å². The molecule has 0 aliphatic heterocycles. The molecule has 7 nitrogen and oxygen atoms in total. The molecule has 0 aliphatic rings. The summed E-state index contributed by atoms with van der Waals surface area (Å²) in [5.74, 6) is 1.23. The smallest absolute Gasteiger partial charge is 0.244 e. The van der Waals surface area contributed by atoms with Crippen LogP contribution in [0.3, 0.4) is 0 Å². The van der Waals surface area contributed by atoms with Crippen molar-refractivity contribution in [3.8, 4) is 0 Å². The van der Waals surface area contributed by atoms with Crippen LogP contribution in [0.1, 0.15) is 20.3 Å². The fraction of sp³-hybridized carbons (Fsp3) is 0.500. The molecule has 2 N–H and O–H groups in total. The Kier molecular flexibility index (Phi) is 7.40. The van der Waals surface area contributed by atoms with E-state index in [0.29, 0.717) is 11.8 Å². The number of anilines is 4. The number of nitrogens with one attached hydrogen (secondary N) is 2. The first-order chi connectivity index (χ1) is 12.1. The van der Waals surface area contributed by atoms with Crippen LogP contribution >= 0.6 is 0 Å². The lowest BCUT2D eigenvalue weighted by molar-refractivity contribution is 0.405. The van der Waals surface area contributed by atoms with Crippen molar-refractivity contribution in [1.82, 2.24) is 20.1 Å². The summed E-state index contributed by atoms with van der Waals surface area (Å²) in [7, 11) is 4.13. The van der Waals surface area contributed by atoms with Crippen LogP contribution in [0, 0.1) is 0 Å². The fourth-order valence-corrected chi connectivity index (χ4v) is 2.53. The van der Waals surface area contributed by atoms with E-state index in [9.17, 15) is 0 Å². The number of hydrogen-bond acceptors (Lipinski definition) is 7. The highest BCUT2D eigenvalue weighted by Gasteiger charge is 2.04. The van der Waals surface area contributed by atoms with Crippen LogP contribution in [0.5, 0.6) is 0 Å². The highest BCUT2D eigenvalue weighted by Crippen LogP contribution is 2.20. The zero-order chi connectivity index (χ0) is 18.1. The van der Waals surface area contributed by atoms with Gasteiger partial charge in [-0.1, -0.05) is 0 Å². The average molecular weight is 343 g/mol. The third-order valence-electron chi connectivity index (χ3n) is 3.89. The number of aromatic nitrogens is 3. The molecular weight excluding hydrogens is 314 g/mol. The second-order valence-electron chi connectivity index (χ2n) is 6.09. The summed E-state index contributed by atoms with van der Waals surface area (Å²) in [6, 6.07) is 8.34. The van der Waals surface area contributed by atoms with E-state index < -0.39 is 0 Å². The van der Waals surface area contributed by atoms with Crippen LogP contribution in [0.15, 0.2) is 30.5 Å². The Morgan fingerprint density at radius 2 is 1.76 bits per heavy atom. The van der Waals surface area contributed by atoms with Gasteiger partial charge in [0.25, 0.3) is 0 Å². The van der Waals surface area contributed by atoms with E-state index >= 15 is 0 Å². The Balaban J connectivity index is 1.92. The molecule has 0 unspecified atom stereocenters. The molecule has 1 heterocycles. The summed E-state index contributed by atoms with van der Waals surface area (Å²) in [6.07, 6.45) is 2.66. The predicted octanol–water partition coefficient (Wildman–Crippen LogP) is 2.83. The number of benzene rings is 1. The zero-order valence-electron chi connectivity index (χ0n) is 15.7. The minimum absolute atomic E-state index is 0.545. The number of hydrogen-bond donors (Lipinski definition) is 2. The van der Waals surface area contributed by atoms with Crippen molar-refractivity contribution in [2.45, 2.75) is 20.3 Å². The maximum Gasteiger partial charge on any atom is 0.244 e. The van der Waals surface area contributed by atoms with Gasteiger partial charge in [0.05, 0.1) is 6.20 Å². The van der Waals surface area contributed by atoms with Gasteiger partial charge in [0, 0.05) is 31.0 Å². The monoisotopic (exact) mass is 343 g/mol. The second-order valence-corrected chi connectivity index (χ2v) is 6.09. The maximum atomic E-state index is 4.45. The van der Waals surface area contributed by atoms with Crippen molar-refractivity contribution in [2.24, 2.45) is 0 Å². The van der Waals surface area contributed by atoms with Gasteiger partial charge in [-0.15, -0.1) is 5.10 Å². The topological polar surface area (TPSA) is 69.2 Å². The third-order valence-corrected chi connectivity index (χ3v) is 3.89. The van der Waals surface area contributed by atoms with Crippen molar-refractivity contribution in [3.63, 3.8) is 0 Å². The molecule has 0 amide bonds. The highest BCUT2D eigenvalue weighted by atomic mass is 15.3. The first-order valence-electron chi connectivity index (χ1n) is 8.82. The number of nitrogens with zero attached hydrogens (tertiary/aromatic N) is 5. The minimum Gasteiger partial charge on any atom is -0.372 e. The fourth-order valence-electron chi connectivity index (χ4n) is 2.53. The van der Waals surface area contributed by atoms with Gasteiger partial charge in [-0.3, -0.25) is 0 Å². The van der Waals surface area contributed by atoms with Gasteiger partial charge in [0.1, 0.15) is 0 Å². The summed E-state index contributed by atoms with van der Waals surface area (Å²) in [5.41, 5.74) is 2.20. The third kappa shape index (κ3) is 6.19. The average Bonchev–Trinajstić information content (AvgIpc) is 2.61. The van der Waals surface area contributed by atoms with Crippen molar-refractivity contribution in [3.05, 3.63) is 30.5 Å². The Bertz CT molecular complexity index is 624. The molecule has 0 atom stereocenters. The van der Waals surface area contributed by atoms with E-state index in [2.05, 4.69) is 87.8 Å². The molecule has 2 rings (SSSR count). The van der Waals surface area contributed by atoms with Crippen molar-refractivity contribution in [1.29, 1.82) is 0 Å². The summed E-state index contributed by atoms with van der Waals surface area (Å²) >= 11 is 0. The van der Waals surface area contributed by atoms with Crippen LogP contribution in [0.25, 0.3) is 0 Å². The molecule has 0 radical (unpaired) electrons. The van der Waals surface area contributed by atoms with E-state index in [0.717, 1.165) is 38.3 Å². The van der Waals surface area contributed by atoms with Gasteiger partial charge < -0.3 is 20.4 Å². The van der Waals surface area contributed by atoms with E-state index in [-0.39, 0.29) is 0 Å². The Labute approximate surface area is 150 Å². The van der Waals surface area contributed by atoms with Crippen LogP contribution < -0.4 is 15.5 Å². The minimum atomic E-state index is 0.545. The Morgan fingerprint density at radius 1 is 1.04 bits per heavy atom. The van der Waals surface area contributed by atoms with Gasteiger partial charge in [0.2, 0.25) is 5.95 Å². The first-order valence-corrected chi connectivity index (χ1v) is 8.82. The Morgan fingerprint density at radius 3 is 2.40 bits per heavy atom. The quantitative estimate of drug-likeness (QED) is 0.643. The standard InChI is InChI=1S/C18H29N7/c1-5-25(6-2)16-10-8-15(9-11-16)21-17-14-20-23-18(22-17)19-12-7-13-24(3)4/h8-11,14H,5-7,12-13H2,1-4H3,(H2,19,21,22,23). The lowest BCUT2D eigenvalue weighted by atomic mass is 10.2. The zero-order valence-corrected chi connectivity index (χ0v) is 15.7. The van der Waals surface area contributed by atoms with Crippen molar-refractivity contribution < 1.29 is 0 Å². The molecule has 136 valence electrons. The van der Waals surface area contributed by atoms with Gasteiger partial charge in [-0.25, -0.2) is 0 Å². The normalized spacial score (nSPS) is 10.8. The van der Waals surface area contributed by atoms with Crippen LogP contribution in [-0.2, 0) is 0 Å². The van der Waals surface area contributed by atoms with Gasteiger partial charge >= 0.3 is 0 Å². The van der Waals surface area contributed by atoms with Gasteiger partial charge in [0.15, 0.2) is 5.82 Å². The van der Waals surface area contributed by atoms with Crippen LogP contribution in [-0.4, -0.2) is 60.4 Å². The molecule has 7 heteroatoms. The molecule has 0 bridgehead atoms. The van der Waals surface area contributed by atoms with E-state index in [1.165, 1.54) is 5.69 Å². The molecule has 0 saturated heterocycles. The molecule has 0 saturated carbocycles. The second kappa shape index (κ2) is 9.78. The summed E-state index contributed by atoms with van der Waals surface area (Å²) in [5, 5.41) is 14.5. The van der Waals surface area contributed by atoms with Gasteiger partial charge in [-0.2, -0.15) is 10.1 Å². The molecule has 1 aromatic heterocycles. The summed E-state index contributed by atoms with van der Waals surface area (Å²) in [4.78, 5) is 8.92. The SMILES string of the molecule is CCN(CC)c1ccc(Nc2cnnc(NCCCN(C)C)n2)cc1. The molecular formula is C18H29N7. The van der Waals surface area contributed by atoms with E-state index in [4.69, 9.17) is 0 Å². The predicted molar refractivity (Wildman–Crippen MR) is 105 cm³/mol. The first kappa shape index (κ1) is 18.9. The molecule has 0 fully saturated rings. The summed E-state index contributed by atoms with van der Waals surface area (Å²) < 4.78 is 0. The molecule has 0 aliphatic carbocycles. The Hall–Kier alpha value is -2.41. The lowest BCUT2D eigenvalue weighted by Gasteiger charge is -2.21. The van der Waals surface area contributed by atoms with E-state index in [1.54, 1.807) is 6.20 Å². The maximum absolute atomic E-state index is 4.45. The van der Waals surface area contributed by atoms with Gasteiger partial charge in [-0.05, 0) is 65.2 Å². The van der Waals surface area contributed by atoms with Crippen LogP contribution in [0.2, 0.25) is 0 Å². The van der Waals surface area contributed by atoms with E-state index in [1.807, 2.05) is 0 Å².